The Morgan fingerprint density at radius 1 is 1.33 bits per heavy atom. The van der Waals surface area contributed by atoms with Gasteiger partial charge in [-0.2, -0.15) is 0 Å². The second-order valence-electron chi connectivity index (χ2n) is 5.28. The Hall–Kier alpha value is -1.86. The lowest BCUT2D eigenvalue weighted by Gasteiger charge is -2.31. The number of benzene rings is 1. The summed E-state index contributed by atoms with van der Waals surface area (Å²) in [6.45, 7) is 1.03. The highest BCUT2D eigenvalue weighted by Crippen LogP contribution is 2.25. The van der Waals surface area contributed by atoms with Crippen LogP contribution in [-0.2, 0) is 11.3 Å². The number of ether oxygens (including phenoxy) is 1. The van der Waals surface area contributed by atoms with Gasteiger partial charge in [-0.05, 0) is 25.0 Å². The van der Waals surface area contributed by atoms with Gasteiger partial charge in [0.1, 0.15) is 22.9 Å². The van der Waals surface area contributed by atoms with E-state index in [1.54, 1.807) is 0 Å². The van der Waals surface area contributed by atoms with Gasteiger partial charge in [0, 0.05) is 6.61 Å². The Morgan fingerprint density at radius 2 is 2.10 bits per heavy atom. The lowest BCUT2D eigenvalue weighted by atomic mass is 9.97. The fraction of sp³-hybridized carbons (Fsp3) is 0.429. The van der Waals surface area contributed by atoms with E-state index in [1.165, 1.54) is 29.1 Å². The van der Waals surface area contributed by atoms with E-state index in [9.17, 15) is 13.9 Å². The van der Waals surface area contributed by atoms with Gasteiger partial charge in [-0.15, -0.1) is 5.10 Å². The molecule has 0 aliphatic carbocycles. The van der Waals surface area contributed by atoms with Crippen LogP contribution in [-0.4, -0.2) is 38.9 Å². The van der Waals surface area contributed by atoms with Gasteiger partial charge in [0.05, 0.1) is 24.9 Å². The fourth-order valence-corrected chi connectivity index (χ4v) is 2.50. The summed E-state index contributed by atoms with van der Waals surface area (Å²) in [4.78, 5) is 0. The summed E-state index contributed by atoms with van der Waals surface area (Å²) in [5.74, 6) is -1.39. The van der Waals surface area contributed by atoms with Crippen LogP contribution >= 0.6 is 0 Å². The molecule has 1 aromatic carbocycles. The summed E-state index contributed by atoms with van der Waals surface area (Å²) in [5.41, 5.74) is -1.13. The lowest BCUT2D eigenvalue weighted by Crippen LogP contribution is -2.42. The average Bonchev–Trinajstić information content (AvgIpc) is 2.87. The normalized spacial score (nSPS) is 22.4. The molecule has 21 heavy (non-hydrogen) atoms. The van der Waals surface area contributed by atoms with Crippen LogP contribution in [0.5, 0.6) is 0 Å². The quantitative estimate of drug-likeness (QED) is 0.937. The second-order valence-corrected chi connectivity index (χ2v) is 5.28. The first-order chi connectivity index (χ1) is 10.1. The Bertz CT molecular complexity index is 619. The third-order valence-electron chi connectivity index (χ3n) is 3.52. The van der Waals surface area contributed by atoms with Crippen LogP contribution in [0.1, 0.15) is 12.8 Å². The highest BCUT2D eigenvalue weighted by Gasteiger charge is 2.31. The first-order valence-electron chi connectivity index (χ1n) is 6.72. The van der Waals surface area contributed by atoms with E-state index in [2.05, 4.69) is 10.3 Å². The molecule has 3 rings (SSSR count). The van der Waals surface area contributed by atoms with E-state index in [0.29, 0.717) is 13.0 Å². The summed E-state index contributed by atoms with van der Waals surface area (Å²) < 4.78 is 34.0. The highest BCUT2D eigenvalue weighted by atomic mass is 19.1. The predicted molar refractivity (Wildman–Crippen MR) is 70.4 cm³/mol. The highest BCUT2D eigenvalue weighted by molar-refractivity contribution is 5.59. The number of hydrogen-bond donors (Lipinski definition) is 1. The molecule has 0 bridgehead atoms. The zero-order valence-electron chi connectivity index (χ0n) is 11.3. The minimum Gasteiger partial charge on any atom is -0.386 e. The molecular formula is C14H15F2N3O2. The summed E-state index contributed by atoms with van der Waals surface area (Å²) in [5, 5.41) is 18.0. The van der Waals surface area contributed by atoms with Crippen molar-refractivity contribution < 1.29 is 18.6 Å². The van der Waals surface area contributed by atoms with E-state index in [0.717, 1.165) is 6.42 Å². The van der Waals surface area contributed by atoms with Gasteiger partial charge in [0.15, 0.2) is 0 Å². The maximum absolute atomic E-state index is 13.7. The molecule has 0 spiro atoms. The molecule has 0 radical (unpaired) electrons. The van der Waals surface area contributed by atoms with Crippen LogP contribution in [0.2, 0.25) is 0 Å². The molecule has 5 nitrogen and oxygen atoms in total. The van der Waals surface area contributed by atoms with E-state index in [4.69, 9.17) is 4.74 Å². The minimum absolute atomic E-state index is 0.103. The first-order valence-corrected chi connectivity index (χ1v) is 6.72. The standard InChI is InChI=1S/C14H15F2N3O2/c15-10-3-1-4-11(16)13(10)12-7-19(18-17-12)8-14(20)5-2-6-21-9-14/h1,3-4,7,20H,2,5-6,8-9H2. The van der Waals surface area contributed by atoms with E-state index in [1.807, 2.05) is 0 Å². The number of halogens is 2. The summed E-state index contributed by atoms with van der Waals surface area (Å²) in [6.07, 6.45) is 2.78. The zero-order valence-corrected chi connectivity index (χ0v) is 11.3. The molecule has 0 amide bonds. The van der Waals surface area contributed by atoms with E-state index < -0.39 is 17.2 Å². The number of aliphatic hydroxyl groups is 1. The number of hydrogen-bond acceptors (Lipinski definition) is 4. The van der Waals surface area contributed by atoms with E-state index in [-0.39, 0.29) is 24.4 Å². The maximum Gasteiger partial charge on any atom is 0.135 e. The van der Waals surface area contributed by atoms with Crippen molar-refractivity contribution in [1.82, 2.24) is 15.0 Å². The lowest BCUT2D eigenvalue weighted by molar-refractivity contribution is -0.0960. The van der Waals surface area contributed by atoms with Crippen LogP contribution in [0.25, 0.3) is 11.3 Å². The van der Waals surface area contributed by atoms with Crippen LogP contribution in [0.15, 0.2) is 24.4 Å². The van der Waals surface area contributed by atoms with Gasteiger partial charge < -0.3 is 9.84 Å². The molecule has 2 heterocycles. The number of aromatic nitrogens is 3. The largest absolute Gasteiger partial charge is 0.386 e. The van der Waals surface area contributed by atoms with E-state index >= 15 is 0 Å². The van der Waals surface area contributed by atoms with Gasteiger partial charge in [0.25, 0.3) is 0 Å². The molecule has 1 unspecified atom stereocenters. The molecule has 0 saturated carbocycles. The van der Waals surface area contributed by atoms with Crippen LogP contribution in [0, 0.1) is 11.6 Å². The third-order valence-corrected chi connectivity index (χ3v) is 3.52. The SMILES string of the molecule is OC1(Cn2cc(-c3c(F)cccc3F)nn2)CCCOC1. The van der Waals surface area contributed by atoms with Crippen molar-refractivity contribution in [1.29, 1.82) is 0 Å². The van der Waals surface area contributed by atoms with Crippen molar-refractivity contribution in [3.8, 4) is 11.3 Å². The third kappa shape index (κ3) is 2.93. The van der Waals surface area contributed by atoms with Gasteiger partial charge in [0.2, 0.25) is 0 Å². The molecule has 112 valence electrons. The maximum atomic E-state index is 13.7. The molecule has 2 aromatic rings. The average molecular weight is 295 g/mol. The molecule has 1 fully saturated rings. The smallest absolute Gasteiger partial charge is 0.135 e. The Labute approximate surface area is 120 Å². The monoisotopic (exact) mass is 295 g/mol. The summed E-state index contributed by atoms with van der Waals surface area (Å²) in [6, 6.07) is 3.63. The van der Waals surface area contributed by atoms with Crippen molar-refractivity contribution in [3.63, 3.8) is 0 Å². The fourth-order valence-electron chi connectivity index (χ4n) is 2.50. The molecule has 1 aromatic heterocycles. The van der Waals surface area contributed by atoms with Crippen molar-refractivity contribution >= 4 is 0 Å². The van der Waals surface area contributed by atoms with Crippen molar-refractivity contribution in [2.24, 2.45) is 0 Å². The summed E-state index contributed by atoms with van der Waals surface area (Å²) in [7, 11) is 0. The molecule has 7 heteroatoms. The summed E-state index contributed by atoms with van der Waals surface area (Å²) >= 11 is 0. The topological polar surface area (TPSA) is 60.2 Å². The van der Waals surface area contributed by atoms with Crippen LogP contribution in [0.4, 0.5) is 8.78 Å². The molecule has 1 aliphatic heterocycles. The molecular weight excluding hydrogens is 280 g/mol. The number of rotatable bonds is 3. The Morgan fingerprint density at radius 3 is 2.76 bits per heavy atom. The van der Waals surface area contributed by atoms with Crippen molar-refractivity contribution in [2.45, 2.75) is 25.0 Å². The Kier molecular flexibility index (Phi) is 3.69. The molecule has 1 N–H and O–H groups in total. The van der Waals surface area contributed by atoms with Gasteiger partial charge >= 0.3 is 0 Å². The van der Waals surface area contributed by atoms with Gasteiger partial charge in [-0.1, -0.05) is 11.3 Å². The van der Waals surface area contributed by atoms with Crippen molar-refractivity contribution in [3.05, 3.63) is 36.0 Å². The van der Waals surface area contributed by atoms with Crippen LogP contribution in [0.3, 0.4) is 0 Å². The second kappa shape index (κ2) is 5.50. The minimum atomic E-state index is -1.02. The van der Waals surface area contributed by atoms with Gasteiger partial charge in [-0.25, -0.2) is 13.5 Å². The van der Waals surface area contributed by atoms with Crippen LogP contribution < -0.4 is 0 Å². The van der Waals surface area contributed by atoms with Crippen molar-refractivity contribution in [2.75, 3.05) is 13.2 Å². The number of nitrogens with zero attached hydrogens (tertiary/aromatic N) is 3. The first kappa shape index (κ1) is 14.1. The van der Waals surface area contributed by atoms with Gasteiger partial charge in [-0.3, -0.25) is 0 Å². The molecule has 1 saturated heterocycles. The Balaban J connectivity index is 1.83. The predicted octanol–water partition coefficient (Wildman–Crippen LogP) is 1.76. The molecule has 1 aliphatic rings. The zero-order chi connectivity index (χ0) is 14.9. The molecule has 1 atom stereocenters.